The van der Waals surface area contributed by atoms with Gasteiger partial charge in [0.25, 0.3) is 0 Å². The number of ether oxygens (including phenoxy) is 1. The van der Waals surface area contributed by atoms with Crippen molar-refractivity contribution in [3.63, 3.8) is 0 Å². The van der Waals surface area contributed by atoms with E-state index < -0.39 is 6.04 Å². The van der Waals surface area contributed by atoms with Gasteiger partial charge in [0.1, 0.15) is 11.8 Å². The molecule has 6 heteroatoms. The lowest BCUT2D eigenvalue weighted by Crippen LogP contribution is -2.58. The van der Waals surface area contributed by atoms with Crippen LogP contribution in [-0.4, -0.2) is 47.4 Å². The molecule has 6 nitrogen and oxygen atoms in total. The average molecular weight is 444 g/mol. The maximum atomic E-state index is 13.2. The summed E-state index contributed by atoms with van der Waals surface area (Å²) >= 11 is 0. The van der Waals surface area contributed by atoms with Crippen molar-refractivity contribution in [2.45, 2.75) is 32.2 Å². The number of carbonyl (C=O) groups excluding carboxylic acids is 2. The number of carbonyl (C=O) groups is 2. The van der Waals surface area contributed by atoms with E-state index in [4.69, 9.17) is 4.74 Å². The number of piperazine rings is 1. The van der Waals surface area contributed by atoms with Crippen LogP contribution in [0.5, 0.6) is 5.75 Å². The number of nitrogens with zero attached hydrogens (tertiary/aromatic N) is 2. The zero-order chi connectivity index (χ0) is 23.0. The van der Waals surface area contributed by atoms with Crippen molar-refractivity contribution < 1.29 is 14.3 Å². The summed E-state index contributed by atoms with van der Waals surface area (Å²) in [6.45, 7) is 3.71. The quantitative estimate of drug-likeness (QED) is 0.577. The third-order valence-electron chi connectivity index (χ3n) is 5.82. The number of hydrogen-bond donors (Lipinski definition) is 1. The molecular formula is C27H29N3O3. The molecular weight excluding hydrogens is 414 g/mol. The summed E-state index contributed by atoms with van der Waals surface area (Å²) in [5.74, 6) is 0.650. The Balaban J connectivity index is 1.51. The lowest BCUT2D eigenvalue weighted by atomic mass is 9.94. The van der Waals surface area contributed by atoms with Crippen LogP contribution >= 0.6 is 0 Å². The first-order valence-electron chi connectivity index (χ1n) is 11.4. The maximum absolute atomic E-state index is 13.2. The Morgan fingerprint density at radius 1 is 1.09 bits per heavy atom. The summed E-state index contributed by atoms with van der Waals surface area (Å²) in [6.07, 6.45) is 5.17. The lowest BCUT2D eigenvalue weighted by Gasteiger charge is -2.35. The standard InChI is InChI=1S/C27H29N3O3/c1-2-17-33-23-9-7-20(8-10-23)18-26(31)30-16-15-29-27(32)25(30)19-22-5-3-4-6-24(22)21-11-13-28-14-12-21/h3-14,25H,2,15-19H2,1H3,(H,29,32). The van der Waals surface area contributed by atoms with Crippen molar-refractivity contribution in [2.75, 3.05) is 19.7 Å². The summed E-state index contributed by atoms with van der Waals surface area (Å²) in [4.78, 5) is 31.9. The first-order chi connectivity index (χ1) is 16.2. The molecule has 0 aliphatic carbocycles. The highest BCUT2D eigenvalue weighted by Gasteiger charge is 2.33. The smallest absolute Gasteiger partial charge is 0.243 e. The molecule has 2 heterocycles. The highest BCUT2D eigenvalue weighted by atomic mass is 16.5. The van der Waals surface area contributed by atoms with Gasteiger partial charge in [-0.25, -0.2) is 0 Å². The molecule has 3 aromatic rings. The zero-order valence-corrected chi connectivity index (χ0v) is 18.9. The third-order valence-corrected chi connectivity index (χ3v) is 5.82. The van der Waals surface area contributed by atoms with Crippen LogP contribution in [0.3, 0.4) is 0 Å². The van der Waals surface area contributed by atoms with Gasteiger partial charge in [-0.1, -0.05) is 43.3 Å². The van der Waals surface area contributed by atoms with Gasteiger partial charge in [0, 0.05) is 31.9 Å². The molecule has 1 aromatic heterocycles. The Bertz CT molecular complexity index is 1080. The Labute approximate surface area is 194 Å². The topological polar surface area (TPSA) is 71.5 Å². The predicted molar refractivity (Wildman–Crippen MR) is 128 cm³/mol. The van der Waals surface area contributed by atoms with Crippen LogP contribution in [0.4, 0.5) is 0 Å². The Morgan fingerprint density at radius 3 is 2.61 bits per heavy atom. The summed E-state index contributed by atoms with van der Waals surface area (Å²) in [6, 6.07) is 19.0. The van der Waals surface area contributed by atoms with E-state index in [1.165, 1.54) is 0 Å². The molecule has 0 spiro atoms. The lowest BCUT2D eigenvalue weighted by molar-refractivity contribution is -0.142. The SMILES string of the molecule is CCCOc1ccc(CC(=O)N2CCNC(=O)C2Cc2ccccc2-c2ccncc2)cc1. The fourth-order valence-electron chi connectivity index (χ4n) is 4.14. The molecule has 1 saturated heterocycles. The van der Waals surface area contributed by atoms with Crippen molar-refractivity contribution >= 4 is 11.8 Å². The molecule has 170 valence electrons. The molecule has 1 N–H and O–H groups in total. The van der Waals surface area contributed by atoms with Gasteiger partial charge < -0.3 is 15.0 Å². The predicted octanol–water partition coefficient (Wildman–Crippen LogP) is 3.65. The monoisotopic (exact) mass is 443 g/mol. The van der Waals surface area contributed by atoms with Crippen molar-refractivity contribution in [1.82, 2.24) is 15.2 Å². The number of pyridine rings is 1. The van der Waals surface area contributed by atoms with Crippen molar-refractivity contribution in [2.24, 2.45) is 0 Å². The zero-order valence-electron chi connectivity index (χ0n) is 18.9. The molecule has 1 aliphatic heterocycles. The minimum Gasteiger partial charge on any atom is -0.494 e. The third kappa shape index (κ3) is 5.58. The second-order valence-corrected chi connectivity index (χ2v) is 8.16. The van der Waals surface area contributed by atoms with Gasteiger partial charge in [-0.15, -0.1) is 0 Å². The van der Waals surface area contributed by atoms with Crippen LogP contribution < -0.4 is 10.1 Å². The number of benzene rings is 2. The number of hydrogen-bond acceptors (Lipinski definition) is 4. The Hall–Kier alpha value is -3.67. The van der Waals surface area contributed by atoms with E-state index in [-0.39, 0.29) is 18.2 Å². The minimum absolute atomic E-state index is 0.0431. The second kappa shape index (κ2) is 10.8. The van der Waals surface area contributed by atoms with Gasteiger partial charge in [-0.3, -0.25) is 14.6 Å². The van der Waals surface area contributed by atoms with Gasteiger partial charge >= 0.3 is 0 Å². The first kappa shape index (κ1) is 22.5. The first-order valence-corrected chi connectivity index (χ1v) is 11.4. The summed E-state index contributed by atoms with van der Waals surface area (Å²) in [7, 11) is 0. The van der Waals surface area contributed by atoms with Crippen LogP contribution in [-0.2, 0) is 22.4 Å². The van der Waals surface area contributed by atoms with E-state index in [1.54, 1.807) is 17.3 Å². The van der Waals surface area contributed by atoms with E-state index in [0.29, 0.717) is 26.1 Å². The van der Waals surface area contributed by atoms with Crippen molar-refractivity contribution in [3.05, 3.63) is 84.2 Å². The molecule has 0 bridgehead atoms. The van der Waals surface area contributed by atoms with Crippen LogP contribution in [0.15, 0.2) is 73.1 Å². The highest BCUT2D eigenvalue weighted by Crippen LogP contribution is 2.26. The number of amides is 2. The van der Waals surface area contributed by atoms with Gasteiger partial charge in [0.15, 0.2) is 0 Å². The maximum Gasteiger partial charge on any atom is 0.243 e. The van der Waals surface area contributed by atoms with E-state index in [0.717, 1.165) is 34.4 Å². The van der Waals surface area contributed by atoms with Crippen molar-refractivity contribution in [3.8, 4) is 16.9 Å². The molecule has 2 aromatic carbocycles. The molecule has 2 amide bonds. The second-order valence-electron chi connectivity index (χ2n) is 8.16. The van der Waals surface area contributed by atoms with Gasteiger partial charge in [0.05, 0.1) is 13.0 Å². The summed E-state index contributed by atoms with van der Waals surface area (Å²) in [5.41, 5.74) is 4.03. The fraction of sp³-hybridized carbons (Fsp3) is 0.296. The highest BCUT2D eigenvalue weighted by molar-refractivity contribution is 5.90. The van der Waals surface area contributed by atoms with Crippen LogP contribution in [0.2, 0.25) is 0 Å². The number of aromatic nitrogens is 1. The molecule has 1 atom stereocenters. The molecule has 33 heavy (non-hydrogen) atoms. The Morgan fingerprint density at radius 2 is 1.85 bits per heavy atom. The molecule has 0 saturated carbocycles. The largest absolute Gasteiger partial charge is 0.494 e. The van der Waals surface area contributed by atoms with Crippen LogP contribution in [0.25, 0.3) is 11.1 Å². The van der Waals surface area contributed by atoms with E-state index in [9.17, 15) is 9.59 Å². The Kier molecular flexibility index (Phi) is 7.35. The van der Waals surface area contributed by atoms with Crippen LogP contribution in [0, 0.1) is 0 Å². The van der Waals surface area contributed by atoms with Crippen molar-refractivity contribution in [1.29, 1.82) is 0 Å². The van der Waals surface area contributed by atoms with E-state index in [1.807, 2.05) is 60.7 Å². The van der Waals surface area contributed by atoms with Gasteiger partial charge in [-0.05, 0) is 52.9 Å². The molecule has 1 aliphatic rings. The molecule has 0 radical (unpaired) electrons. The number of nitrogens with one attached hydrogen (secondary N) is 1. The number of rotatable bonds is 8. The van der Waals surface area contributed by atoms with E-state index >= 15 is 0 Å². The average Bonchev–Trinajstić information content (AvgIpc) is 2.85. The summed E-state index contributed by atoms with van der Waals surface area (Å²) < 4.78 is 5.62. The van der Waals surface area contributed by atoms with Gasteiger partial charge in [0.2, 0.25) is 11.8 Å². The normalized spacial score (nSPS) is 15.7. The fourth-order valence-corrected chi connectivity index (χ4v) is 4.14. The summed E-state index contributed by atoms with van der Waals surface area (Å²) in [5, 5.41) is 2.93. The molecule has 1 fully saturated rings. The minimum atomic E-state index is -0.540. The van der Waals surface area contributed by atoms with Gasteiger partial charge in [-0.2, -0.15) is 0 Å². The van der Waals surface area contributed by atoms with E-state index in [2.05, 4.69) is 17.2 Å². The van der Waals surface area contributed by atoms with Crippen LogP contribution in [0.1, 0.15) is 24.5 Å². The molecule has 4 rings (SSSR count). The molecule has 1 unspecified atom stereocenters.